The van der Waals surface area contributed by atoms with Crippen LogP contribution in [0.4, 0.5) is 10.5 Å². The Labute approximate surface area is 147 Å². The second-order valence-electron chi connectivity index (χ2n) is 5.69. The van der Waals surface area contributed by atoms with Gasteiger partial charge in [0.25, 0.3) is 0 Å². The number of likely N-dealkylation sites (N-methyl/N-ethyl adjacent to an activating group) is 1. The molecule has 0 aromatic heterocycles. The van der Waals surface area contributed by atoms with Crippen LogP contribution in [0.1, 0.15) is 18.1 Å². The predicted octanol–water partition coefficient (Wildman–Crippen LogP) is 2.73. The van der Waals surface area contributed by atoms with E-state index in [9.17, 15) is 9.59 Å². The number of hydrogen-bond acceptors (Lipinski definition) is 3. The van der Waals surface area contributed by atoms with Crippen molar-refractivity contribution in [2.75, 3.05) is 12.4 Å². The van der Waals surface area contributed by atoms with Crippen molar-refractivity contribution in [2.45, 2.75) is 19.5 Å². The Bertz CT molecular complexity index is 784. The molecule has 128 valence electrons. The standard InChI is InChI=1S/C19H20N4O2/c1-14(21-19(25)22-17-9-4-3-5-10-17)18(24)23(2)13-16-8-6-7-15(11-16)12-20/h3-11,14H,13H2,1-2H3,(H2,21,22,25)/t14-/m0/s1. The second-order valence-corrected chi connectivity index (χ2v) is 5.69. The lowest BCUT2D eigenvalue weighted by atomic mass is 10.1. The van der Waals surface area contributed by atoms with E-state index in [0.717, 1.165) is 5.56 Å². The summed E-state index contributed by atoms with van der Waals surface area (Å²) >= 11 is 0. The van der Waals surface area contributed by atoms with Crippen molar-refractivity contribution in [3.05, 3.63) is 65.7 Å². The maximum absolute atomic E-state index is 12.4. The first kappa shape index (κ1) is 18.0. The third-order valence-electron chi connectivity index (χ3n) is 3.60. The first-order chi connectivity index (χ1) is 12.0. The lowest BCUT2D eigenvalue weighted by molar-refractivity contribution is -0.131. The molecule has 0 radical (unpaired) electrons. The van der Waals surface area contributed by atoms with Gasteiger partial charge in [0, 0.05) is 19.3 Å². The highest BCUT2D eigenvalue weighted by Gasteiger charge is 2.19. The highest BCUT2D eigenvalue weighted by molar-refractivity contribution is 5.93. The van der Waals surface area contributed by atoms with Crippen molar-refractivity contribution >= 4 is 17.6 Å². The fraction of sp³-hybridized carbons (Fsp3) is 0.211. The highest BCUT2D eigenvalue weighted by atomic mass is 16.2. The van der Waals surface area contributed by atoms with Crippen LogP contribution in [0.25, 0.3) is 0 Å². The van der Waals surface area contributed by atoms with Crippen LogP contribution >= 0.6 is 0 Å². The van der Waals surface area contributed by atoms with Gasteiger partial charge in [-0.05, 0) is 36.8 Å². The molecule has 2 aromatic rings. The van der Waals surface area contributed by atoms with Crippen LogP contribution in [-0.4, -0.2) is 29.9 Å². The molecule has 0 bridgehead atoms. The quantitative estimate of drug-likeness (QED) is 0.880. The van der Waals surface area contributed by atoms with Gasteiger partial charge in [0.1, 0.15) is 6.04 Å². The molecular weight excluding hydrogens is 316 g/mol. The number of nitrogens with one attached hydrogen (secondary N) is 2. The number of rotatable bonds is 5. The molecule has 0 spiro atoms. The zero-order valence-corrected chi connectivity index (χ0v) is 14.2. The van der Waals surface area contributed by atoms with Crippen LogP contribution < -0.4 is 10.6 Å². The molecule has 0 heterocycles. The van der Waals surface area contributed by atoms with Gasteiger partial charge in [-0.25, -0.2) is 4.79 Å². The van der Waals surface area contributed by atoms with Gasteiger partial charge in [-0.1, -0.05) is 30.3 Å². The molecule has 3 amide bonds. The minimum Gasteiger partial charge on any atom is -0.340 e. The molecule has 2 N–H and O–H groups in total. The summed E-state index contributed by atoms with van der Waals surface area (Å²) in [6, 6.07) is 17.1. The maximum Gasteiger partial charge on any atom is 0.319 e. The first-order valence-corrected chi connectivity index (χ1v) is 7.86. The number of carbonyl (C=O) groups is 2. The monoisotopic (exact) mass is 336 g/mol. The molecule has 2 rings (SSSR count). The van der Waals surface area contributed by atoms with Crippen molar-refractivity contribution in [3.63, 3.8) is 0 Å². The summed E-state index contributed by atoms with van der Waals surface area (Å²) in [4.78, 5) is 25.9. The van der Waals surface area contributed by atoms with E-state index >= 15 is 0 Å². The molecule has 0 saturated heterocycles. The summed E-state index contributed by atoms with van der Waals surface area (Å²) in [7, 11) is 1.66. The Morgan fingerprint density at radius 3 is 2.56 bits per heavy atom. The van der Waals surface area contributed by atoms with Gasteiger partial charge in [0.2, 0.25) is 5.91 Å². The van der Waals surface area contributed by atoms with Crippen LogP contribution in [0.2, 0.25) is 0 Å². The fourth-order valence-corrected chi connectivity index (χ4v) is 2.37. The molecule has 0 unspecified atom stereocenters. The van der Waals surface area contributed by atoms with Crippen molar-refractivity contribution in [1.29, 1.82) is 5.26 Å². The average Bonchev–Trinajstić information content (AvgIpc) is 2.61. The van der Waals surface area contributed by atoms with Crippen LogP contribution in [0, 0.1) is 11.3 Å². The van der Waals surface area contributed by atoms with Crippen molar-refractivity contribution in [2.24, 2.45) is 0 Å². The molecule has 0 aliphatic heterocycles. The molecule has 0 fully saturated rings. The summed E-state index contributed by atoms with van der Waals surface area (Å²) in [6.45, 7) is 2.00. The molecule has 2 aromatic carbocycles. The number of nitriles is 1. The lowest BCUT2D eigenvalue weighted by Crippen LogP contribution is -2.46. The van der Waals surface area contributed by atoms with Gasteiger partial charge in [-0.15, -0.1) is 0 Å². The first-order valence-electron chi connectivity index (χ1n) is 7.86. The minimum atomic E-state index is -0.673. The molecule has 6 heteroatoms. The molecule has 1 atom stereocenters. The van der Waals surface area contributed by atoms with Crippen molar-refractivity contribution < 1.29 is 9.59 Å². The minimum absolute atomic E-state index is 0.217. The highest BCUT2D eigenvalue weighted by Crippen LogP contribution is 2.08. The van der Waals surface area contributed by atoms with Gasteiger partial charge < -0.3 is 15.5 Å². The smallest absolute Gasteiger partial charge is 0.319 e. The summed E-state index contributed by atoms with van der Waals surface area (Å²) in [5.74, 6) is -0.217. The Kier molecular flexibility index (Phi) is 6.13. The van der Waals surface area contributed by atoms with E-state index < -0.39 is 12.1 Å². The van der Waals surface area contributed by atoms with Crippen LogP contribution in [0.5, 0.6) is 0 Å². The van der Waals surface area contributed by atoms with Gasteiger partial charge >= 0.3 is 6.03 Å². The molecule has 0 aliphatic carbocycles. The van der Waals surface area contributed by atoms with Crippen LogP contribution in [-0.2, 0) is 11.3 Å². The van der Waals surface area contributed by atoms with Crippen LogP contribution in [0.3, 0.4) is 0 Å². The Morgan fingerprint density at radius 1 is 1.16 bits per heavy atom. The normalized spacial score (nSPS) is 11.1. The zero-order valence-electron chi connectivity index (χ0n) is 14.2. The van der Waals surface area contributed by atoms with E-state index in [4.69, 9.17) is 5.26 Å². The van der Waals surface area contributed by atoms with Gasteiger partial charge in [0.15, 0.2) is 0 Å². The van der Waals surface area contributed by atoms with Gasteiger partial charge in [0.05, 0.1) is 11.6 Å². The summed E-state index contributed by atoms with van der Waals surface area (Å²) in [5.41, 5.74) is 2.06. The molecule has 25 heavy (non-hydrogen) atoms. The van der Waals surface area contributed by atoms with E-state index in [1.165, 1.54) is 4.90 Å². The molecule has 0 aliphatic rings. The van der Waals surface area contributed by atoms with Gasteiger partial charge in [-0.2, -0.15) is 5.26 Å². The maximum atomic E-state index is 12.4. The number of para-hydroxylation sites is 1. The Hall–Kier alpha value is -3.33. The molecule has 6 nitrogen and oxygen atoms in total. The number of benzene rings is 2. The number of hydrogen-bond donors (Lipinski definition) is 2. The van der Waals surface area contributed by atoms with E-state index in [-0.39, 0.29) is 5.91 Å². The van der Waals surface area contributed by atoms with E-state index in [2.05, 4.69) is 16.7 Å². The number of anilines is 1. The topological polar surface area (TPSA) is 85.2 Å². The van der Waals surface area contributed by atoms with E-state index in [0.29, 0.717) is 17.8 Å². The predicted molar refractivity (Wildman–Crippen MR) is 95.7 cm³/mol. The molecular formula is C19H20N4O2. The Morgan fingerprint density at radius 2 is 1.88 bits per heavy atom. The summed E-state index contributed by atoms with van der Waals surface area (Å²) in [5, 5.41) is 14.2. The van der Waals surface area contributed by atoms with Crippen molar-refractivity contribution in [1.82, 2.24) is 10.2 Å². The average molecular weight is 336 g/mol. The van der Waals surface area contributed by atoms with Crippen LogP contribution in [0.15, 0.2) is 54.6 Å². The third kappa shape index (κ3) is 5.36. The zero-order chi connectivity index (χ0) is 18.2. The lowest BCUT2D eigenvalue weighted by Gasteiger charge is -2.22. The largest absolute Gasteiger partial charge is 0.340 e. The number of nitrogens with zero attached hydrogens (tertiary/aromatic N) is 2. The van der Waals surface area contributed by atoms with Gasteiger partial charge in [-0.3, -0.25) is 4.79 Å². The Balaban J connectivity index is 1.90. The molecule has 0 saturated carbocycles. The third-order valence-corrected chi connectivity index (χ3v) is 3.60. The number of amides is 3. The van der Waals surface area contributed by atoms with E-state index in [1.807, 2.05) is 24.3 Å². The van der Waals surface area contributed by atoms with Crippen molar-refractivity contribution in [3.8, 4) is 6.07 Å². The number of carbonyl (C=O) groups excluding carboxylic acids is 2. The fourth-order valence-electron chi connectivity index (χ4n) is 2.37. The van der Waals surface area contributed by atoms with E-state index in [1.54, 1.807) is 44.3 Å². The second kappa shape index (κ2) is 8.50. The summed E-state index contributed by atoms with van der Waals surface area (Å²) in [6.07, 6.45) is 0. The number of urea groups is 1. The SMILES string of the molecule is C[C@H](NC(=O)Nc1ccccc1)C(=O)N(C)Cc1cccc(C#N)c1. The summed E-state index contributed by atoms with van der Waals surface area (Å²) < 4.78 is 0.